The first-order valence-corrected chi connectivity index (χ1v) is 12.4. The van der Waals surface area contributed by atoms with E-state index in [1.54, 1.807) is 9.80 Å². The van der Waals surface area contributed by atoms with Gasteiger partial charge in [-0.15, -0.1) is 0 Å². The molecule has 180 valence electrons. The Morgan fingerprint density at radius 1 is 0.882 bits per heavy atom. The van der Waals surface area contributed by atoms with Crippen LogP contribution in [-0.2, 0) is 24.2 Å². The van der Waals surface area contributed by atoms with E-state index in [0.29, 0.717) is 31.7 Å². The van der Waals surface area contributed by atoms with Gasteiger partial charge in [0.05, 0.1) is 12.6 Å². The average molecular weight is 463 g/mol. The van der Waals surface area contributed by atoms with Crippen molar-refractivity contribution in [1.82, 2.24) is 14.7 Å². The zero-order valence-electron chi connectivity index (χ0n) is 19.9. The second-order valence-electron chi connectivity index (χ2n) is 9.84. The first-order chi connectivity index (χ1) is 16.5. The Labute approximate surface area is 201 Å². The molecule has 2 amide bonds. The summed E-state index contributed by atoms with van der Waals surface area (Å²) in [7, 11) is 1.85. The van der Waals surface area contributed by atoms with Gasteiger partial charge in [0.15, 0.2) is 0 Å². The fraction of sp³-hybridized carbons (Fsp3) is 0.481. The van der Waals surface area contributed by atoms with Crippen LogP contribution in [0.3, 0.4) is 0 Å². The molecule has 0 radical (unpaired) electrons. The van der Waals surface area contributed by atoms with Crippen LogP contribution in [0.4, 0.5) is 5.69 Å². The SMILES string of the molecule is CN1CCCN(c2ccc3c(c2)CCN(CC(O)CN2CCc4ccccc4C2)C3=O)CC1=O. The number of benzene rings is 2. The minimum absolute atomic E-state index is 0.0116. The smallest absolute Gasteiger partial charge is 0.254 e. The molecule has 1 N–H and O–H groups in total. The molecule has 3 heterocycles. The van der Waals surface area contributed by atoms with E-state index in [1.165, 1.54) is 11.1 Å². The summed E-state index contributed by atoms with van der Waals surface area (Å²) in [6.07, 6.45) is 2.13. The van der Waals surface area contributed by atoms with Gasteiger partial charge in [-0.05, 0) is 54.2 Å². The number of hydrogen-bond donors (Lipinski definition) is 1. The summed E-state index contributed by atoms with van der Waals surface area (Å²) in [5, 5.41) is 10.8. The predicted octanol–water partition coefficient (Wildman–Crippen LogP) is 1.77. The molecule has 5 rings (SSSR count). The van der Waals surface area contributed by atoms with Crippen LogP contribution < -0.4 is 4.90 Å². The van der Waals surface area contributed by atoms with Crippen molar-refractivity contribution in [2.45, 2.75) is 31.9 Å². The highest BCUT2D eigenvalue weighted by Gasteiger charge is 2.28. The van der Waals surface area contributed by atoms with Crippen molar-refractivity contribution in [2.75, 3.05) is 57.8 Å². The highest BCUT2D eigenvalue weighted by Crippen LogP contribution is 2.26. The number of β-amino-alcohol motifs (C(OH)–C–C–N with tert-alkyl or cyclic N) is 1. The van der Waals surface area contributed by atoms with E-state index in [0.717, 1.165) is 56.7 Å². The van der Waals surface area contributed by atoms with Gasteiger partial charge in [0.2, 0.25) is 5.91 Å². The molecule has 0 spiro atoms. The van der Waals surface area contributed by atoms with Gasteiger partial charge in [-0.2, -0.15) is 0 Å². The van der Waals surface area contributed by atoms with Crippen LogP contribution in [-0.4, -0.2) is 90.6 Å². The molecule has 1 fully saturated rings. The topological polar surface area (TPSA) is 67.3 Å². The molecule has 1 atom stereocenters. The molecule has 2 aromatic carbocycles. The number of anilines is 1. The monoisotopic (exact) mass is 462 g/mol. The van der Waals surface area contributed by atoms with Gasteiger partial charge in [0.1, 0.15) is 0 Å². The Balaban J connectivity index is 1.20. The molecule has 0 saturated carbocycles. The van der Waals surface area contributed by atoms with Crippen LogP contribution in [0.15, 0.2) is 42.5 Å². The number of likely N-dealkylation sites (N-methyl/N-ethyl adjacent to an activating group) is 1. The number of hydrogen-bond acceptors (Lipinski definition) is 5. The second kappa shape index (κ2) is 9.76. The number of aliphatic hydroxyl groups is 1. The maximum absolute atomic E-state index is 13.2. The van der Waals surface area contributed by atoms with Crippen molar-refractivity contribution in [2.24, 2.45) is 0 Å². The van der Waals surface area contributed by atoms with E-state index in [4.69, 9.17) is 0 Å². The fourth-order valence-corrected chi connectivity index (χ4v) is 5.42. The highest BCUT2D eigenvalue weighted by atomic mass is 16.3. The van der Waals surface area contributed by atoms with Crippen LogP contribution in [0, 0.1) is 0 Å². The Bertz CT molecular complexity index is 1070. The summed E-state index contributed by atoms with van der Waals surface area (Å²) < 4.78 is 0. The number of amides is 2. The third-order valence-corrected chi connectivity index (χ3v) is 7.41. The average Bonchev–Trinajstić information content (AvgIpc) is 3.01. The van der Waals surface area contributed by atoms with Crippen LogP contribution in [0.1, 0.15) is 33.5 Å². The lowest BCUT2D eigenvalue weighted by Gasteiger charge is -2.34. The van der Waals surface area contributed by atoms with Crippen molar-refractivity contribution in [3.05, 3.63) is 64.7 Å². The lowest BCUT2D eigenvalue weighted by molar-refractivity contribution is -0.127. The molecule has 0 aromatic heterocycles. The quantitative estimate of drug-likeness (QED) is 0.734. The summed E-state index contributed by atoms with van der Waals surface area (Å²) in [6.45, 7) is 5.30. The minimum atomic E-state index is -0.574. The molecule has 7 nitrogen and oxygen atoms in total. The van der Waals surface area contributed by atoms with Crippen molar-refractivity contribution < 1.29 is 14.7 Å². The fourth-order valence-electron chi connectivity index (χ4n) is 5.42. The second-order valence-corrected chi connectivity index (χ2v) is 9.84. The normalized spacial score (nSPS) is 20.1. The van der Waals surface area contributed by atoms with Gasteiger partial charge < -0.3 is 19.8 Å². The zero-order valence-corrected chi connectivity index (χ0v) is 19.9. The molecular formula is C27H34N4O3. The summed E-state index contributed by atoms with van der Waals surface area (Å²) in [6, 6.07) is 14.4. The lowest BCUT2D eigenvalue weighted by Crippen LogP contribution is -2.46. The summed E-state index contributed by atoms with van der Waals surface area (Å²) >= 11 is 0. The number of carbonyl (C=O) groups is 2. The number of fused-ring (bicyclic) bond motifs is 2. The van der Waals surface area contributed by atoms with Crippen LogP contribution in [0.2, 0.25) is 0 Å². The van der Waals surface area contributed by atoms with Crippen LogP contribution in [0.25, 0.3) is 0 Å². The van der Waals surface area contributed by atoms with Crippen molar-refractivity contribution >= 4 is 17.5 Å². The number of rotatable bonds is 5. The number of nitrogens with zero attached hydrogens (tertiary/aromatic N) is 4. The standard InChI is InChI=1S/C27H34N4O3/c1-28-11-4-12-30(19-26(28)33)23-7-8-25-21(15-23)10-14-31(27(25)34)18-24(32)17-29-13-9-20-5-2-3-6-22(20)16-29/h2-3,5-8,15,24,32H,4,9-14,16-19H2,1H3. The molecule has 1 unspecified atom stereocenters. The van der Waals surface area contributed by atoms with Gasteiger partial charge >= 0.3 is 0 Å². The van der Waals surface area contributed by atoms with Gasteiger partial charge in [-0.1, -0.05) is 24.3 Å². The minimum Gasteiger partial charge on any atom is -0.390 e. The van der Waals surface area contributed by atoms with E-state index in [2.05, 4.69) is 40.1 Å². The Kier molecular flexibility index (Phi) is 6.57. The Hall–Kier alpha value is -2.90. The molecule has 3 aliphatic heterocycles. The first kappa shape index (κ1) is 22.9. The van der Waals surface area contributed by atoms with Crippen molar-refractivity contribution in [1.29, 1.82) is 0 Å². The van der Waals surface area contributed by atoms with E-state index in [9.17, 15) is 14.7 Å². The molecule has 3 aliphatic rings. The molecule has 1 saturated heterocycles. The zero-order chi connectivity index (χ0) is 23.7. The molecular weight excluding hydrogens is 428 g/mol. The molecule has 0 bridgehead atoms. The van der Waals surface area contributed by atoms with Crippen LogP contribution in [0.5, 0.6) is 0 Å². The van der Waals surface area contributed by atoms with Crippen molar-refractivity contribution in [3.63, 3.8) is 0 Å². The van der Waals surface area contributed by atoms with Gasteiger partial charge in [0.25, 0.3) is 5.91 Å². The molecule has 7 heteroatoms. The summed E-state index contributed by atoms with van der Waals surface area (Å²) in [4.78, 5) is 33.4. The Morgan fingerprint density at radius 3 is 2.53 bits per heavy atom. The third-order valence-electron chi connectivity index (χ3n) is 7.41. The highest BCUT2D eigenvalue weighted by molar-refractivity contribution is 5.97. The van der Waals surface area contributed by atoms with E-state index in [1.807, 2.05) is 19.2 Å². The lowest BCUT2D eigenvalue weighted by atomic mass is 9.97. The third kappa shape index (κ3) is 4.81. The maximum Gasteiger partial charge on any atom is 0.254 e. The van der Waals surface area contributed by atoms with Crippen LogP contribution >= 0.6 is 0 Å². The Morgan fingerprint density at radius 2 is 1.68 bits per heavy atom. The van der Waals surface area contributed by atoms with E-state index >= 15 is 0 Å². The maximum atomic E-state index is 13.2. The molecule has 0 aliphatic carbocycles. The first-order valence-electron chi connectivity index (χ1n) is 12.4. The van der Waals surface area contributed by atoms with Gasteiger partial charge in [-0.25, -0.2) is 0 Å². The summed E-state index contributed by atoms with van der Waals surface area (Å²) in [5.41, 5.74) is 5.48. The van der Waals surface area contributed by atoms with Crippen molar-refractivity contribution in [3.8, 4) is 0 Å². The largest absolute Gasteiger partial charge is 0.390 e. The van der Waals surface area contributed by atoms with Gasteiger partial charge in [0, 0.05) is 64.1 Å². The summed E-state index contributed by atoms with van der Waals surface area (Å²) in [5.74, 6) is 0.117. The number of carbonyl (C=O) groups excluding carboxylic acids is 2. The number of aliphatic hydroxyl groups excluding tert-OH is 1. The van der Waals surface area contributed by atoms with E-state index < -0.39 is 6.10 Å². The molecule has 34 heavy (non-hydrogen) atoms. The van der Waals surface area contributed by atoms with Gasteiger partial charge in [-0.3, -0.25) is 14.5 Å². The molecule has 2 aromatic rings. The predicted molar refractivity (Wildman–Crippen MR) is 132 cm³/mol. The van der Waals surface area contributed by atoms with E-state index in [-0.39, 0.29) is 11.8 Å².